The van der Waals surface area contributed by atoms with Gasteiger partial charge in [-0.2, -0.15) is 5.10 Å². The van der Waals surface area contributed by atoms with Gasteiger partial charge in [0.05, 0.1) is 11.8 Å². The molecule has 0 spiro atoms. The summed E-state index contributed by atoms with van der Waals surface area (Å²) in [4.78, 5) is 23.5. The minimum Gasteiger partial charge on any atom is -0.509 e. The summed E-state index contributed by atoms with van der Waals surface area (Å²) < 4.78 is 5.04. The van der Waals surface area contributed by atoms with Gasteiger partial charge < -0.3 is 15.2 Å². The summed E-state index contributed by atoms with van der Waals surface area (Å²) >= 11 is 0. The summed E-state index contributed by atoms with van der Waals surface area (Å²) in [5.41, 5.74) is 1.90. The number of carbonyl (C=O) groups excluding carboxylic acids is 2. The fourth-order valence-corrected chi connectivity index (χ4v) is 2.07. The van der Waals surface area contributed by atoms with Gasteiger partial charge in [-0.3, -0.25) is 4.79 Å². The van der Waals surface area contributed by atoms with E-state index in [1.54, 1.807) is 27.7 Å². The highest BCUT2D eigenvalue weighted by molar-refractivity contribution is 6.22. The smallest absolute Gasteiger partial charge is 0.428 e. The molecule has 1 heterocycles. The molecule has 0 fully saturated rings. The number of aliphatic hydroxyl groups excluding tert-OH is 1. The van der Waals surface area contributed by atoms with Crippen LogP contribution < -0.4 is 10.7 Å². The molecular formula is C15H25N3O4. The molecule has 7 heteroatoms. The number of hydrogen-bond acceptors (Lipinski definition) is 5. The van der Waals surface area contributed by atoms with E-state index in [0.717, 1.165) is 0 Å². The van der Waals surface area contributed by atoms with Crippen molar-refractivity contribution in [3.8, 4) is 0 Å². The number of nitrogens with zero attached hydrogens (tertiary/aromatic N) is 1. The second kappa shape index (κ2) is 6.81. The largest absolute Gasteiger partial charge is 0.509 e. The highest BCUT2D eigenvalue weighted by Gasteiger charge is 2.33. The molecule has 0 saturated heterocycles. The lowest BCUT2D eigenvalue weighted by atomic mass is 10.0. The molecule has 0 bridgehead atoms. The first-order valence-corrected chi connectivity index (χ1v) is 7.29. The lowest BCUT2D eigenvalue weighted by Crippen LogP contribution is -2.31. The van der Waals surface area contributed by atoms with Crippen molar-refractivity contribution in [2.45, 2.75) is 59.6 Å². The Labute approximate surface area is 130 Å². The third-order valence-corrected chi connectivity index (χ3v) is 2.90. The van der Waals surface area contributed by atoms with Crippen molar-refractivity contribution in [2.75, 3.05) is 0 Å². The second-order valence-corrected chi connectivity index (χ2v) is 6.73. The van der Waals surface area contributed by atoms with Crippen LogP contribution in [-0.2, 0) is 9.53 Å². The van der Waals surface area contributed by atoms with E-state index in [1.807, 2.05) is 13.8 Å². The zero-order valence-corrected chi connectivity index (χ0v) is 14.0. The van der Waals surface area contributed by atoms with E-state index in [4.69, 9.17) is 4.74 Å². The van der Waals surface area contributed by atoms with E-state index in [9.17, 15) is 14.7 Å². The summed E-state index contributed by atoms with van der Waals surface area (Å²) in [6.45, 7) is 10.8. The molecule has 22 heavy (non-hydrogen) atoms. The van der Waals surface area contributed by atoms with E-state index in [0.29, 0.717) is 12.3 Å². The number of rotatable bonds is 4. The van der Waals surface area contributed by atoms with Crippen LogP contribution in [0.25, 0.3) is 0 Å². The van der Waals surface area contributed by atoms with Gasteiger partial charge in [-0.25, -0.2) is 10.2 Å². The first-order chi connectivity index (χ1) is 10.0. The number of nitrogens with one attached hydrogen (secondary N) is 2. The van der Waals surface area contributed by atoms with Crippen molar-refractivity contribution >= 4 is 17.7 Å². The van der Waals surface area contributed by atoms with Crippen molar-refractivity contribution in [2.24, 2.45) is 11.0 Å². The van der Waals surface area contributed by atoms with Gasteiger partial charge in [-0.15, -0.1) is 0 Å². The Morgan fingerprint density at radius 2 is 2.05 bits per heavy atom. The van der Waals surface area contributed by atoms with Gasteiger partial charge in [0.1, 0.15) is 16.9 Å². The third kappa shape index (κ3) is 5.05. The summed E-state index contributed by atoms with van der Waals surface area (Å²) in [6, 6.07) is -0.408. The van der Waals surface area contributed by atoms with Crippen LogP contribution in [0, 0.1) is 5.92 Å². The fraction of sp³-hybridized carbons (Fsp3) is 0.667. The quantitative estimate of drug-likeness (QED) is 0.547. The number of amides is 2. The molecule has 2 amide bonds. The van der Waals surface area contributed by atoms with Crippen LogP contribution in [0.5, 0.6) is 0 Å². The maximum Gasteiger partial charge on any atom is 0.428 e. The molecule has 1 unspecified atom stereocenters. The van der Waals surface area contributed by atoms with Gasteiger partial charge in [-0.1, -0.05) is 13.8 Å². The van der Waals surface area contributed by atoms with E-state index in [-0.39, 0.29) is 17.0 Å². The molecule has 0 saturated carbocycles. The summed E-state index contributed by atoms with van der Waals surface area (Å²) in [5, 5.41) is 16.7. The van der Waals surface area contributed by atoms with Crippen LogP contribution in [0.1, 0.15) is 48.0 Å². The van der Waals surface area contributed by atoms with Crippen LogP contribution in [0.3, 0.4) is 0 Å². The fourth-order valence-electron chi connectivity index (χ4n) is 2.07. The third-order valence-electron chi connectivity index (χ3n) is 2.90. The highest BCUT2D eigenvalue weighted by atomic mass is 16.6. The first-order valence-electron chi connectivity index (χ1n) is 7.29. The van der Waals surface area contributed by atoms with E-state index < -0.39 is 23.6 Å². The van der Waals surface area contributed by atoms with Crippen LogP contribution in [0.2, 0.25) is 0 Å². The molecular weight excluding hydrogens is 286 g/mol. The van der Waals surface area contributed by atoms with Crippen molar-refractivity contribution in [1.29, 1.82) is 0 Å². The Morgan fingerprint density at radius 1 is 1.45 bits per heavy atom. The number of ether oxygens (including phenoxy) is 1. The maximum atomic E-state index is 11.9. The van der Waals surface area contributed by atoms with Crippen molar-refractivity contribution < 1.29 is 19.4 Å². The van der Waals surface area contributed by atoms with Gasteiger partial charge in [-0.05, 0) is 40.0 Å². The Morgan fingerprint density at radius 3 is 2.55 bits per heavy atom. The molecule has 0 radical (unpaired) electrons. The van der Waals surface area contributed by atoms with Gasteiger partial charge in [0, 0.05) is 0 Å². The van der Waals surface area contributed by atoms with Crippen molar-refractivity contribution in [3.05, 3.63) is 11.3 Å². The lowest BCUT2D eigenvalue weighted by Gasteiger charge is -2.18. The molecule has 7 nitrogen and oxygen atoms in total. The van der Waals surface area contributed by atoms with Gasteiger partial charge >= 0.3 is 6.09 Å². The molecule has 0 aromatic heterocycles. The predicted octanol–water partition coefficient (Wildman–Crippen LogP) is 2.24. The van der Waals surface area contributed by atoms with Gasteiger partial charge in [0.2, 0.25) is 0 Å². The monoisotopic (exact) mass is 311 g/mol. The number of carbonyl (C=O) groups is 2. The van der Waals surface area contributed by atoms with Gasteiger partial charge in [0.15, 0.2) is 0 Å². The van der Waals surface area contributed by atoms with Gasteiger partial charge in [0.25, 0.3) is 5.91 Å². The lowest BCUT2D eigenvalue weighted by molar-refractivity contribution is -0.116. The van der Waals surface area contributed by atoms with E-state index in [1.165, 1.54) is 0 Å². The first kappa shape index (κ1) is 18.0. The molecule has 0 aliphatic carbocycles. The Hall–Kier alpha value is -2.05. The molecule has 124 valence electrons. The molecule has 1 aliphatic rings. The Kier molecular flexibility index (Phi) is 5.57. The summed E-state index contributed by atoms with van der Waals surface area (Å²) in [7, 11) is 0. The van der Waals surface area contributed by atoms with Crippen LogP contribution in [-0.4, -0.2) is 34.5 Å². The summed E-state index contributed by atoms with van der Waals surface area (Å²) in [6.07, 6.45) is -0.0857. The summed E-state index contributed by atoms with van der Waals surface area (Å²) in [5.74, 6) is -0.106. The normalized spacial score (nSPS) is 19.5. The van der Waals surface area contributed by atoms with Crippen molar-refractivity contribution in [3.63, 3.8) is 0 Å². The SMILES string of the molecule is C/C(=N\NC(=O)OC(C)(C)C)C1=C(O)C(CC(C)C)NC1=O. The van der Waals surface area contributed by atoms with Crippen LogP contribution in [0.4, 0.5) is 4.79 Å². The average Bonchev–Trinajstić information content (AvgIpc) is 2.58. The van der Waals surface area contributed by atoms with E-state index >= 15 is 0 Å². The minimum atomic E-state index is -0.718. The number of aliphatic hydroxyl groups is 1. The van der Waals surface area contributed by atoms with Crippen LogP contribution in [0.15, 0.2) is 16.4 Å². The predicted molar refractivity (Wildman–Crippen MR) is 83.5 cm³/mol. The molecule has 1 atom stereocenters. The molecule has 1 aliphatic heterocycles. The maximum absolute atomic E-state index is 11.9. The molecule has 0 aromatic carbocycles. The number of hydrazone groups is 1. The number of hydrogen-bond donors (Lipinski definition) is 3. The topological polar surface area (TPSA) is 100 Å². The molecule has 0 aromatic rings. The Balaban J connectivity index is 2.80. The van der Waals surface area contributed by atoms with Crippen molar-refractivity contribution in [1.82, 2.24) is 10.7 Å². The zero-order chi connectivity index (χ0) is 17.1. The van der Waals surface area contributed by atoms with E-state index in [2.05, 4.69) is 15.8 Å². The van der Waals surface area contributed by atoms with Crippen LogP contribution >= 0.6 is 0 Å². The highest BCUT2D eigenvalue weighted by Crippen LogP contribution is 2.21. The molecule has 1 rings (SSSR count). The second-order valence-electron chi connectivity index (χ2n) is 6.73. The molecule has 3 N–H and O–H groups in total. The standard InChI is InChI=1S/C15H25N3O4/c1-8(2)7-10-12(19)11(13(20)16-10)9(3)17-18-14(21)22-15(4,5)6/h8,10,19H,7H2,1-6H3,(H,16,20)(H,18,21)/b17-9+. The minimum absolute atomic E-state index is 0.0362. The average molecular weight is 311 g/mol. The Bertz CT molecular complexity index is 515. The zero-order valence-electron chi connectivity index (χ0n) is 14.0.